The molecule has 3 aromatic rings. The van der Waals surface area contributed by atoms with Crippen molar-refractivity contribution in [2.24, 2.45) is 5.92 Å². The molecule has 0 radical (unpaired) electrons. The minimum absolute atomic E-state index is 0.0263. The van der Waals surface area contributed by atoms with Gasteiger partial charge in [-0.2, -0.15) is 0 Å². The summed E-state index contributed by atoms with van der Waals surface area (Å²) in [7, 11) is -1.54. The molecule has 1 atom stereocenters. The fourth-order valence-electron chi connectivity index (χ4n) is 5.29. The molecule has 0 saturated carbocycles. The number of hydrogen-bond acceptors (Lipinski definition) is 7. The highest BCUT2D eigenvalue weighted by molar-refractivity contribution is 7.91. The third kappa shape index (κ3) is 5.12. The monoisotopic (exact) mass is 527 g/mol. The van der Waals surface area contributed by atoms with Crippen LogP contribution in [0.4, 0.5) is 4.39 Å². The quantitative estimate of drug-likeness (QED) is 0.480. The van der Waals surface area contributed by atoms with Crippen molar-refractivity contribution < 1.29 is 27.1 Å². The fourth-order valence-corrected chi connectivity index (χ4v) is 6.78. The number of ether oxygens (including phenoxy) is 2. The maximum Gasteiger partial charge on any atom is 0.225 e. The minimum atomic E-state index is -3.01. The van der Waals surface area contributed by atoms with Crippen LogP contribution >= 0.6 is 0 Å². The summed E-state index contributed by atoms with van der Waals surface area (Å²) in [6.07, 6.45) is 4.72. The molecule has 5 rings (SSSR count). The zero-order valence-electron chi connectivity index (χ0n) is 20.9. The topological polar surface area (TPSA) is 98.7 Å². The number of carbonyl (C=O) groups excluding carboxylic acids is 1. The number of aromatic nitrogens is 2. The Morgan fingerprint density at radius 1 is 1.16 bits per heavy atom. The molecule has 0 bridgehead atoms. The smallest absolute Gasteiger partial charge is 0.225 e. The third-order valence-corrected chi connectivity index (χ3v) is 9.06. The maximum absolute atomic E-state index is 13.6. The lowest BCUT2D eigenvalue weighted by Crippen LogP contribution is -2.39. The molecule has 2 aliphatic rings. The van der Waals surface area contributed by atoms with E-state index in [0.29, 0.717) is 43.7 Å². The molecule has 2 fully saturated rings. The van der Waals surface area contributed by atoms with Crippen molar-refractivity contribution in [3.8, 4) is 22.8 Å². The average molecular weight is 528 g/mol. The molecule has 8 nitrogen and oxygen atoms in total. The second-order valence-corrected chi connectivity index (χ2v) is 12.0. The van der Waals surface area contributed by atoms with Crippen molar-refractivity contribution in [1.82, 2.24) is 14.9 Å². The molecule has 1 amide bonds. The maximum atomic E-state index is 13.6. The molecule has 37 heavy (non-hydrogen) atoms. The molecule has 2 aromatic heterocycles. The number of nitrogens with zero attached hydrogens (tertiary/aromatic N) is 3. The SMILES string of the molecule is COc1ncc(-c2ccnc3ccc(OC4CCN(C(=O)C5CCS(=O)(=O)CC5)C4)c(C)c23)cc1CF. The summed E-state index contributed by atoms with van der Waals surface area (Å²) in [6, 6.07) is 7.41. The van der Waals surface area contributed by atoms with Crippen LogP contribution in [0.5, 0.6) is 11.6 Å². The Morgan fingerprint density at radius 2 is 1.95 bits per heavy atom. The number of aryl methyl sites for hydroxylation is 1. The number of alkyl halides is 1. The number of amides is 1. The van der Waals surface area contributed by atoms with Gasteiger partial charge in [0.2, 0.25) is 11.8 Å². The predicted molar refractivity (Wildman–Crippen MR) is 138 cm³/mol. The zero-order chi connectivity index (χ0) is 26.2. The van der Waals surface area contributed by atoms with Gasteiger partial charge in [-0.05, 0) is 49.6 Å². The summed E-state index contributed by atoms with van der Waals surface area (Å²) in [5, 5.41) is 0.895. The average Bonchev–Trinajstić information content (AvgIpc) is 3.37. The van der Waals surface area contributed by atoms with Crippen molar-refractivity contribution in [3.05, 3.63) is 47.8 Å². The lowest BCUT2D eigenvalue weighted by Gasteiger charge is -2.26. The molecular weight excluding hydrogens is 497 g/mol. The normalized spacial score (nSPS) is 19.8. The highest BCUT2D eigenvalue weighted by Crippen LogP contribution is 2.36. The molecule has 2 saturated heterocycles. The number of benzene rings is 1. The zero-order valence-corrected chi connectivity index (χ0v) is 21.8. The number of halogens is 1. The van der Waals surface area contributed by atoms with Crippen molar-refractivity contribution >= 4 is 26.6 Å². The molecule has 196 valence electrons. The second kappa shape index (κ2) is 10.2. The molecule has 1 aromatic carbocycles. The van der Waals surface area contributed by atoms with E-state index in [0.717, 1.165) is 27.6 Å². The van der Waals surface area contributed by atoms with E-state index in [2.05, 4.69) is 9.97 Å². The van der Waals surface area contributed by atoms with Gasteiger partial charge in [0.1, 0.15) is 28.4 Å². The Morgan fingerprint density at radius 3 is 2.68 bits per heavy atom. The lowest BCUT2D eigenvalue weighted by molar-refractivity contribution is -0.135. The number of fused-ring (bicyclic) bond motifs is 1. The van der Waals surface area contributed by atoms with Crippen molar-refractivity contribution in [1.29, 1.82) is 0 Å². The van der Waals surface area contributed by atoms with E-state index in [9.17, 15) is 17.6 Å². The predicted octanol–water partition coefficient (Wildman–Crippen LogP) is 3.89. The largest absolute Gasteiger partial charge is 0.488 e. The number of sulfone groups is 1. The first-order valence-corrected chi connectivity index (χ1v) is 14.2. The summed E-state index contributed by atoms with van der Waals surface area (Å²) < 4.78 is 48.6. The Balaban J connectivity index is 1.36. The Hall–Kier alpha value is -3.27. The van der Waals surface area contributed by atoms with Crippen LogP contribution < -0.4 is 9.47 Å². The van der Waals surface area contributed by atoms with Crippen LogP contribution in [0.25, 0.3) is 22.0 Å². The highest BCUT2D eigenvalue weighted by Gasteiger charge is 2.35. The number of likely N-dealkylation sites (tertiary alicyclic amines) is 1. The van der Waals surface area contributed by atoms with Gasteiger partial charge in [-0.15, -0.1) is 0 Å². The lowest BCUT2D eigenvalue weighted by atomic mass is 9.97. The second-order valence-electron chi connectivity index (χ2n) is 9.71. The Bertz CT molecular complexity index is 1430. The van der Waals surface area contributed by atoms with Crippen molar-refractivity contribution in [2.75, 3.05) is 31.7 Å². The van der Waals surface area contributed by atoms with E-state index in [4.69, 9.17) is 9.47 Å². The fraction of sp³-hybridized carbons (Fsp3) is 0.444. The Labute approximate surface area is 215 Å². The van der Waals surface area contributed by atoms with E-state index < -0.39 is 16.5 Å². The number of hydrogen-bond donors (Lipinski definition) is 0. The van der Waals surface area contributed by atoms with Gasteiger partial charge in [-0.3, -0.25) is 9.78 Å². The van der Waals surface area contributed by atoms with E-state index >= 15 is 0 Å². The molecular formula is C27H30FN3O5S. The van der Waals surface area contributed by atoms with Gasteiger partial charge < -0.3 is 14.4 Å². The number of pyridine rings is 2. The molecule has 2 aliphatic heterocycles. The molecule has 10 heteroatoms. The summed E-state index contributed by atoms with van der Waals surface area (Å²) >= 11 is 0. The van der Waals surface area contributed by atoms with Crippen LogP contribution in [0, 0.1) is 12.8 Å². The Kier molecular flexibility index (Phi) is 7.02. The molecule has 1 unspecified atom stereocenters. The van der Waals surface area contributed by atoms with E-state index in [1.54, 1.807) is 23.4 Å². The summed E-state index contributed by atoms with van der Waals surface area (Å²) in [5.74, 6) is 0.933. The number of methoxy groups -OCH3 is 1. The van der Waals surface area contributed by atoms with Crippen LogP contribution in [0.3, 0.4) is 0 Å². The number of rotatable bonds is 6. The van der Waals surface area contributed by atoms with Crippen LogP contribution in [0.2, 0.25) is 0 Å². The molecule has 4 heterocycles. The van der Waals surface area contributed by atoms with Crippen LogP contribution in [-0.4, -0.2) is 67.0 Å². The molecule has 0 aliphatic carbocycles. The van der Waals surface area contributed by atoms with Gasteiger partial charge in [0.15, 0.2) is 0 Å². The van der Waals surface area contributed by atoms with Crippen LogP contribution in [0.1, 0.15) is 30.4 Å². The van der Waals surface area contributed by atoms with Crippen molar-refractivity contribution in [2.45, 2.75) is 39.0 Å². The first-order chi connectivity index (χ1) is 17.8. The van der Waals surface area contributed by atoms with Gasteiger partial charge >= 0.3 is 0 Å². The first-order valence-electron chi connectivity index (χ1n) is 12.4. The van der Waals surface area contributed by atoms with Gasteiger partial charge in [-0.25, -0.2) is 17.8 Å². The van der Waals surface area contributed by atoms with Crippen LogP contribution in [-0.2, 0) is 21.3 Å². The van der Waals surface area contributed by atoms with Gasteiger partial charge in [0.25, 0.3) is 0 Å². The summed E-state index contributed by atoms with van der Waals surface area (Å²) in [4.78, 5) is 23.6. The van der Waals surface area contributed by atoms with Crippen LogP contribution in [0.15, 0.2) is 36.7 Å². The van der Waals surface area contributed by atoms with Crippen molar-refractivity contribution in [3.63, 3.8) is 0 Å². The first kappa shape index (κ1) is 25.4. The minimum Gasteiger partial charge on any atom is -0.488 e. The van der Waals surface area contributed by atoms with Gasteiger partial charge in [-0.1, -0.05) is 0 Å². The number of carbonyl (C=O) groups is 1. The summed E-state index contributed by atoms with van der Waals surface area (Å²) in [5.41, 5.74) is 3.69. The van der Waals surface area contributed by atoms with E-state index in [1.165, 1.54) is 7.11 Å². The van der Waals surface area contributed by atoms with E-state index in [-0.39, 0.29) is 35.3 Å². The third-order valence-electron chi connectivity index (χ3n) is 7.35. The van der Waals surface area contributed by atoms with E-state index in [1.807, 2.05) is 25.1 Å². The summed E-state index contributed by atoms with van der Waals surface area (Å²) in [6.45, 7) is 2.35. The highest BCUT2D eigenvalue weighted by atomic mass is 32.2. The van der Waals surface area contributed by atoms with Gasteiger partial charge in [0, 0.05) is 53.4 Å². The molecule has 0 N–H and O–H groups in total. The van der Waals surface area contributed by atoms with Gasteiger partial charge in [0.05, 0.1) is 30.7 Å². The standard InChI is InChI=1S/C27H30FN3O5S/c1-17-24(36-21-6-10-31(16-21)27(32)18-7-11-37(33,34)12-8-18)4-3-23-25(17)22(5-9-29-23)20-13-19(14-28)26(35-2)30-15-20/h3-5,9,13,15,18,21H,6-8,10-12,14,16H2,1-2H3. The molecule has 0 spiro atoms.